The van der Waals surface area contributed by atoms with Gasteiger partial charge in [0.05, 0.1) is 12.1 Å². The van der Waals surface area contributed by atoms with Crippen LogP contribution in [0.5, 0.6) is 0 Å². The molecule has 1 saturated carbocycles. The summed E-state index contributed by atoms with van der Waals surface area (Å²) in [6.45, 7) is 2.39. The van der Waals surface area contributed by atoms with Crippen LogP contribution in [0.4, 0.5) is 26.3 Å². The molecule has 0 unspecified atom stereocenters. The van der Waals surface area contributed by atoms with Crippen LogP contribution in [0, 0.1) is 6.92 Å². The van der Waals surface area contributed by atoms with Crippen LogP contribution in [0.2, 0.25) is 0 Å². The molecule has 4 rings (SSSR count). The van der Waals surface area contributed by atoms with Crippen molar-refractivity contribution in [2.24, 2.45) is 0 Å². The molecule has 1 heterocycles. The lowest BCUT2D eigenvalue weighted by atomic mass is 10.0. The number of nitrogens with one attached hydrogen (secondary N) is 1. The zero-order valence-electron chi connectivity index (χ0n) is 17.7. The highest BCUT2D eigenvalue weighted by atomic mass is 19.4. The zero-order valence-corrected chi connectivity index (χ0v) is 17.7. The first kappa shape index (κ1) is 25.2. The topological polar surface area (TPSA) is 88.3 Å². The van der Waals surface area contributed by atoms with Gasteiger partial charge in [-0.1, -0.05) is 35.0 Å². The van der Waals surface area contributed by atoms with E-state index in [4.69, 9.17) is 14.4 Å². The van der Waals surface area contributed by atoms with Gasteiger partial charge < -0.3 is 14.9 Å². The first-order valence-corrected chi connectivity index (χ1v) is 9.93. The Morgan fingerprint density at radius 1 is 1.03 bits per heavy atom. The summed E-state index contributed by atoms with van der Waals surface area (Å²) in [4.78, 5) is 13.3. The predicted molar refractivity (Wildman–Crippen MR) is 107 cm³/mol. The summed E-state index contributed by atoms with van der Waals surface area (Å²) in [5.74, 6) is -1.79. The van der Waals surface area contributed by atoms with E-state index in [2.05, 4.69) is 15.5 Å². The number of carboxylic acids is 1. The minimum Gasteiger partial charge on any atom is -0.475 e. The van der Waals surface area contributed by atoms with E-state index in [0.717, 1.165) is 41.7 Å². The Morgan fingerprint density at radius 2 is 1.59 bits per heavy atom. The molecule has 0 atom stereocenters. The summed E-state index contributed by atoms with van der Waals surface area (Å²) in [6.07, 6.45) is -7.68. The SMILES string of the molecule is Cc1ccc(-c2nc(CNC3(c4ccc(C(F)(F)F)cc4)CC3)no2)cc1.O=C(O)C(F)(F)F. The number of carbonyl (C=O) groups is 1. The molecule has 1 aliphatic rings. The third-order valence-electron chi connectivity index (χ3n) is 5.11. The van der Waals surface area contributed by atoms with Crippen molar-refractivity contribution in [2.75, 3.05) is 0 Å². The van der Waals surface area contributed by atoms with Crippen molar-refractivity contribution in [3.8, 4) is 11.5 Å². The summed E-state index contributed by atoms with van der Waals surface area (Å²) in [6, 6.07) is 13.1. The van der Waals surface area contributed by atoms with Crippen molar-refractivity contribution in [1.82, 2.24) is 15.5 Å². The number of carboxylic acid groups (broad SMARTS) is 1. The number of alkyl halides is 6. The summed E-state index contributed by atoms with van der Waals surface area (Å²) >= 11 is 0. The molecule has 1 aromatic heterocycles. The normalized spacial score (nSPS) is 14.8. The summed E-state index contributed by atoms with van der Waals surface area (Å²) in [5, 5.41) is 14.5. The van der Waals surface area contributed by atoms with Crippen LogP contribution in [0.3, 0.4) is 0 Å². The molecule has 34 heavy (non-hydrogen) atoms. The van der Waals surface area contributed by atoms with E-state index in [1.165, 1.54) is 12.1 Å². The fourth-order valence-electron chi connectivity index (χ4n) is 3.06. The van der Waals surface area contributed by atoms with Crippen molar-refractivity contribution in [3.63, 3.8) is 0 Å². The van der Waals surface area contributed by atoms with E-state index in [-0.39, 0.29) is 5.54 Å². The molecule has 0 saturated heterocycles. The van der Waals surface area contributed by atoms with Crippen molar-refractivity contribution >= 4 is 5.97 Å². The van der Waals surface area contributed by atoms with Gasteiger partial charge in [0.2, 0.25) is 0 Å². The largest absolute Gasteiger partial charge is 0.490 e. The van der Waals surface area contributed by atoms with Gasteiger partial charge in [-0.05, 0) is 49.6 Å². The molecule has 1 aliphatic carbocycles. The number of hydrogen-bond donors (Lipinski definition) is 2. The number of aryl methyl sites for hydroxylation is 1. The predicted octanol–water partition coefficient (Wildman–Crippen LogP) is 5.48. The number of hydrogen-bond acceptors (Lipinski definition) is 5. The maximum Gasteiger partial charge on any atom is 0.490 e. The van der Waals surface area contributed by atoms with Crippen LogP contribution in [0.1, 0.15) is 35.4 Å². The molecule has 0 amide bonds. The highest BCUT2D eigenvalue weighted by Gasteiger charge is 2.44. The highest BCUT2D eigenvalue weighted by molar-refractivity contribution is 5.73. The van der Waals surface area contributed by atoms with Gasteiger partial charge >= 0.3 is 18.3 Å². The minimum absolute atomic E-state index is 0.311. The smallest absolute Gasteiger partial charge is 0.475 e. The molecular formula is C22H19F6N3O3. The Balaban J connectivity index is 0.000000406. The van der Waals surface area contributed by atoms with Gasteiger partial charge in [-0.2, -0.15) is 31.3 Å². The molecule has 2 N–H and O–H groups in total. The van der Waals surface area contributed by atoms with E-state index >= 15 is 0 Å². The Bertz CT molecular complexity index is 1120. The second-order valence-electron chi connectivity index (χ2n) is 7.70. The quantitative estimate of drug-likeness (QED) is 0.464. The maximum atomic E-state index is 12.7. The Labute approximate surface area is 189 Å². The molecule has 0 radical (unpaired) electrons. The monoisotopic (exact) mass is 487 g/mol. The molecule has 182 valence electrons. The Hall–Kier alpha value is -3.41. The van der Waals surface area contributed by atoms with Crippen molar-refractivity contribution in [2.45, 2.75) is 44.2 Å². The number of rotatable bonds is 5. The zero-order chi connectivity index (χ0) is 25.1. The number of benzene rings is 2. The summed E-state index contributed by atoms with van der Waals surface area (Å²) in [5.41, 5.74) is 1.89. The molecule has 0 spiro atoms. The van der Waals surface area contributed by atoms with Gasteiger partial charge in [0.25, 0.3) is 5.89 Å². The average molecular weight is 487 g/mol. The molecule has 0 aliphatic heterocycles. The van der Waals surface area contributed by atoms with Crippen LogP contribution in [-0.2, 0) is 23.1 Å². The number of nitrogens with zero attached hydrogens (tertiary/aromatic N) is 2. The van der Waals surface area contributed by atoms with Crippen LogP contribution < -0.4 is 5.32 Å². The molecule has 12 heteroatoms. The lowest BCUT2D eigenvalue weighted by molar-refractivity contribution is -0.192. The summed E-state index contributed by atoms with van der Waals surface area (Å²) < 4.78 is 75.2. The number of aliphatic carboxylic acids is 1. The lowest BCUT2D eigenvalue weighted by Crippen LogP contribution is -2.28. The van der Waals surface area contributed by atoms with E-state index in [1.54, 1.807) is 0 Å². The minimum atomic E-state index is -5.08. The van der Waals surface area contributed by atoms with Crippen LogP contribution in [0.15, 0.2) is 53.1 Å². The van der Waals surface area contributed by atoms with Crippen LogP contribution in [0.25, 0.3) is 11.5 Å². The molecular weight excluding hydrogens is 468 g/mol. The third-order valence-corrected chi connectivity index (χ3v) is 5.11. The van der Waals surface area contributed by atoms with Gasteiger partial charge in [-0.3, -0.25) is 0 Å². The Morgan fingerprint density at radius 3 is 2.06 bits per heavy atom. The summed E-state index contributed by atoms with van der Waals surface area (Å²) in [7, 11) is 0. The lowest BCUT2D eigenvalue weighted by Gasteiger charge is -2.17. The molecule has 0 bridgehead atoms. The molecule has 3 aromatic rings. The van der Waals surface area contributed by atoms with Gasteiger partial charge in [0, 0.05) is 11.1 Å². The van der Waals surface area contributed by atoms with Gasteiger partial charge in [0.15, 0.2) is 5.82 Å². The maximum absolute atomic E-state index is 12.7. The Kier molecular flexibility index (Phi) is 7.01. The number of aromatic nitrogens is 2. The number of halogens is 6. The van der Waals surface area contributed by atoms with E-state index in [1.807, 2.05) is 31.2 Å². The van der Waals surface area contributed by atoms with Crippen LogP contribution in [-0.4, -0.2) is 27.4 Å². The first-order valence-electron chi connectivity index (χ1n) is 9.93. The molecule has 1 fully saturated rings. The van der Waals surface area contributed by atoms with Crippen LogP contribution >= 0.6 is 0 Å². The molecule has 2 aromatic carbocycles. The van der Waals surface area contributed by atoms with E-state index in [0.29, 0.717) is 18.3 Å². The third kappa shape index (κ3) is 6.34. The van der Waals surface area contributed by atoms with Gasteiger partial charge in [0.1, 0.15) is 0 Å². The second kappa shape index (κ2) is 9.45. The fourth-order valence-corrected chi connectivity index (χ4v) is 3.06. The van der Waals surface area contributed by atoms with E-state index < -0.39 is 23.9 Å². The molecule has 6 nitrogen and oxygen atoms in total. The second-order valence-corrected chi connectivity index (χ2v) is 7.70. The van der Waals surface area contributed by atoms with E-state index in [9.17, 15) is 26.3 Å². The average Bonchev–Trinajstić information content (AvgIpc) is 3.41. The van der Waals surface area contributed by atoms with Crippen molar-refractivity contribution in [1.29, 1.82) is 0 Å². The first-order chi connectivity index (χ1) is 15.8. The van der Waals surface area contributed by atoms with Crippen molar-refractivity contribution in [3.05, 3.63) is 71.0 Å². The van der Waals surface area contributed by atoms with Crippen molar-refractivity contribution < 1.29 is 40.8 Å². The highest BCUT2D eigenvalue weighted by Crippen LogP contribution is 2.46. The van der Waals surface area contributed by atoms with Gasteiger partial charge in [-0.15, -0.1) is 0 Å². The standard InChI is InChI=1S/C20H18F3N3O.C2HF3O2/c1-13-2-4-14(5-3-13)18-25-17(26-27-18)12-24-19(10-11-19)15-6-8-16(9-7-15)20(21,22)23;3-2(4,5)1(6)7/h2-9,24H,10-12H2,1H3;(H,6,7). The van der Waals surface area contributed by atoms with Gasteiger partial charge in [-0.25, -0.2) is 4.79 Å². The fraction of sp³-hybridized carbons (Fsp3) is 0.318.